The molecule has 0 bridgehead atoms. The monoisotopic (exact) mass is 423 g/mol. The van der Waals surface area contributed by atoms with Crippen molar-refractivity contribution in [2.24, 2.45) is 0 Å². The number of Topliss-reactive ketones (excluding diaryl/α,β-unsaturated/α-hetero) is 2. The molecule has 1 aromatic heterocycles. The molecule has 0 spiro atoms. The molecular weight excluding hydrogens is 410 g/mol. The number of halogens is 1. The Kier molecular flexibility index (Phi) is 5.24. The van der Waals surface area contributed by atoms with Crippen LogP contribution in [0, 0.1) is 0 Å². The highest BCUT2D eigenvalue weighted by Gasteiger charge is 2.30. The molecule has 3 aromatic rings. The topological polar surface area (TPSA) is 88.2 Å². The zero-order chi connectivity index (χ0) is 20.4. The van der Waals surface area contributed by atoms with Crippen LogP contribution < -0.4 is 10.6 Å². The predicted octanol–water partition coefficient (Wildman–Crippen LogP) is 4.01. The summed E-state index contributed by atoms with van der Waals surface area (Å²) < 4.78 is 0. The van der Waals surface area contributed by atoms with Crippen LogP contribution in [0.5, 0.6) is 0 Å². The molecule has 4 rings (SSSR count). The zero-order valence-electron chi connectivity index (χ0n) is 14.9. The number of carbonyl (C=O) groups excluding carboxylic acids is 3. The van der Waals surface area contributed by atoms with Crippen molar-refractivity contribution in [3.8, 4) is 0 Å². The Morgan fingerprint density at radius 2 is 1.69 bits per heavy atom. The standard InChI is InChI=1S/C21H14ClN3O3S/c22-16-17(19(27)15-4-2-1-3-14(15)18(16)26)24-11-12-5-7-13(8-6-12)20(28)25-21-23-9-10-29-21/h1-10,24H,11H2,(H,23,25,28). The quantitative estimate of drug-likeness (QED) is 0.647. The van der Waals surface area contributed by atoms with E-state index in [0.29, 0.717) is 21.8 Å². The van der Waals surface area contributed by atoms with Gasteiger partial charge in [-0.15, -0.1) is 11.3 Å². The van der Waals surface area contributed by atoms with Crippen LogP contribution in [-0.2, 0) is 6.54 Å². The van der Waals surface area contributed by atoms with Gasteiger partial charge in [-0.05, 0) is 17.7 Å². The average molecular weight is 424 g/mol. The van der Waals surface area contributed by atoms with Crippen molar-refractivity contribution in [1.82, 2.24) is 10.3 Å². The molecule has 0 atom stereocenters. The Hall–Kier alpha value is -3.29. The lowest BCUT2D eigenvalue weighted by molar-refractivity contribution is 0.0974. The second-order valence-electron chi connectivity index (χ2n) is 6.23. The molecule has 0 aliphatic heterocycles. The van der Waals surface area contributed by atoms with Crippen LogP contribution in [0.1, 0.15) is 36.6 Å². The lowest BCUT2D eigenvalue weighted by atomic mass is 9.92. The van der Waals surface area contributed by atoms with Crippen molar-refractivity contribution in [1.29, 1.82) is 0 Å². The van der Waals surface area contributed by atoms with E-state index in [9.17, 15) is 14.4 Å². The summed E-state index contributed by atoms with van der Waals surface area (Å²) in [5.74, 6) is -0.946. The molecule has 8 heteroatoms. The normalized spacial score (nSPS) is 13.3. The summed E-state index contributed by atoms with van der Waals surface area (Å²) >= 11 is 7.48. The summed E-state index contributed by atoms with van der Waals surface area (Å²) in [6, 6.07) is 13.5. The number of aromatic nitrogens is 1. The molecule has 0 fully saturated rings. The Morgan fingerprint density at radius 1 is 1.00 bits per heavy atom. The Morgan fingerprint density at radius 3 is 2.34 bits per heavy atom. The van der Waals surface area contributed by atoms with E-state index in [-0.39, 0.29) is 34.7 Å². The van der Waals surface area contributed by atoms with Gasteiger partial charge in [0.05, 0.1) is 0 Å². The minimum absolute atomic E-state index is 0.0842. The third-order valence-electron chi connectivity index (χ3n) is 4.40. The molecule has 29 heavy (non-hydrogen) atoms. The fraction of sp³-hybridized carbons (Fsp3) is 0.0476. The minimum Gasteiger partial charge on any atom is -0.376 e. The number of nitrogens with one attached hydrogen (secondary N) is 2. The van der Waals surface area contributed by atoms with Crippen molar-refractivity contribution in [2.75, 3.05) is 5.32 Å². The SMILES string of the molecule is O=C(Nc1nccs1)c1ccc(CNC2=C(Cl)C(=O)c3ccccc3C2=O)cc1. The Balaban J connectivity index is 1.45. The van der Waals surface area contributed by atoms with E-state index in [4.69, 9.17) is 11.6 Å². The molecule has 0 unspecified atom stereocenters. The van der Waals surface area contributed by atoms with Gasteiger partial charge in [0.25, 0.3) is 5.91 Å². The lowest BCUT2D eigenvalue weighted by Gasteiger charge is -2.19. The van der Waals surface area contributed by atoms with Gasteiger partial charge in [-0.1, -0.05) is 48.0 Å². The van der Waals surface area contributed by atoms with Crippen LogP contribution >= 0.6 is 22.9 Å². The largest absolute Gasteiger partial charge is 0.376 e. The first-order chi connectivity index (χ1) is 14.0. The molecule has 1 heterocycles. The first-order valence-corrected chi connectivity index (χ1v) is 9.92. The van der Waals surface area contributed by atoms with E-state index in [0.717, 1.165) is 5.56 Å². The molecule has 144 valence electrons. The molecule has 6 nitrogen and oxygen atoms in total. The van der Waals surface area contributed by atoms with Crippen LogP contribution in [0.3, 0.4) is 0 Å². The molecule has 2 N–H and O–H groups in total. The van der Waals surface area contributed by atoms with Crippen molar-refractivity contribution in [3.05, 3.63) is 93.1 Å². The van der Waals surface area contributed by atoms with Crippen LogP contribution in [-0.4, -0.2) is 22.5 Å². The third kappa shape index (κ3) is 3.83. The number of hydrogen-bond acceptors (Lipinski definition) is 6. The van der Waals surface area contributed by atoms with Gasteiger partial charge in [0, 0.05) is 34.8 Å². The molecule has 1 aliphatic carbocycles. The zero-order valence-corrected chi connectivity index (χ0v) is 16.5. The number of fused-ring (bicyclic) bond motifs is 1. The first kappa shape index (κ1) is 19.0. The van der Waals surface area contributed by atoms with Gasteiger partial charge in [-0.25, -0.2) is 4.98 Å². The minimum atomic E-state index is -0.376. The van der Waals surface area contributed by atoms with E-state index < -0.39 is 0 Å². The van der Waals surface area contributed by atoms with E-state index in [1.807, 2.05) is 0 Å². The van der Waals surface area contributed by atoms with Gasteiger partial charge in [0.1, 0.15) is 10.7 Å². The lowest BCUT2D eigenvalue weighted by Crippen LogP contribution is -2.28. The second-order valence-corrected chi connectivity index (χ2v) is 7.51. The predicted molar refractivity (Wildman–Crippen MR) is 111 cm³/mol. The van der Waals surface area contributed by atoms with Crippen molar-refractivity contribution < 1.29 is 14.4 Å². The molecular formula is C21H14ClN3O3S. The number of hydrogen-bond donors (Lipinski definition) is 2. The highest BCUT2D eigenvalue weighted by Crippen LogP contribution is 2.27. The fourth-order valence-electron chi connectivity index (χ4n) is 2.92. The van der Waals surface area contributed by atoms with Crippen LogP contribution in [0.2, 0.25) is 0 Å². The Labute approximate surface area is 175 Å². The van der Waals surface area contributed by atoms with Crippen LogP contribution in [0.25, 0.3) is 0 Å². The van der Waals surface area contributed by atoms with E-state index in [2.05, 4.69) is 15.6 Å². The smallest absolute Gasteiger partial charge is 0.257 e. The highest BCUT2D eigenvalue weighted by atomic mass is 35.5. The van der Waals surface area contributed by atoms with E-state index in [1.54, 1.807) is 60.1 Å². The summed E-state index contributed by atoms with van der Waals surface area (Å²) in [7, 11) is 0. The maximum Gasteiger partial charge on any atom is 0.257 e. The van der Waals surface area contributed by atoms with Crippen molar-refractivity contribution in [3.63, 3.8) is 0 Å². The number of benzene rings is 2. The number of amides is 1. The number of carbonyl (C=O) groups is 3. The maximum atomic E-state index is 12.7. The third-order valence-corrected chi connectivity index (χ3v) is 5.45. The molecule has 1 amide bonds. The van der Waals surface area contributed by atoms with Gasteiger partial charge >= 0.3 is 0 Å². The number of rotatable bonds is 5. The summed E-state index contributed by atoms with van der Waals surface area (Å²) in [5.41, 5.74) is 2.04. The maximum absolute atomic E-state index is 12.7. The fourth-order valence-corrected chi connectivity index (χ4v) is 3.70. The van der Waals surface area contributed by atoms with Gasteiger partial charge in [0.15, 0.2) is 5.13 Å². The van der Waals surface area contributed by atoms with E-state index >= 15 is 0 Å². The average Bonchev–Trinajstić information content (AvgIpc) is 3.25. The summed E-state index contributed by atoms with van der Waals surface area (Å²) in [6.07, 6.45) is 1.62. The van der Waals surface area contributed by atoms with Gasteiger partial charge in [-0.3, -0.25) is 19.7 Å². The molecule has 0 saturated carbocycles. The Bertz CT molecular complexity index is 1140. The summed E-state index contributed by atoms with van der Waals surface area (Å²) in [6.45, 7) is 0.279. The molecule has 0 radical (unpaired) electrons. The molecule has 0 saturated heterocycles. The first-order valence-electron chi connectivity index (χ1n) is 8.66. The van der Waals surface area contributed by atoms with Crippen LogP contribution in [0.15, 0.2) is 70.8 Å². The number of ketones is 2. The van der Waals surface area contributed by atoms with Gasteiger partial charge < -0.3 is 5.32 Å². The summed E-state index contributed by atoms with van der Waals surface area (Å²) in [4.78, 5) is 41.3. The number of allylic oxidation sites excluding steroid dienone is 2. The van der Waals surface area contributed by atoms with Crippen molar-refractivity contribution >= 4 is 45.5 Å². The van der Waals surface area contributed by atoms with Gasteiger partial charge in [-0.2, -0.15) is 0 Å². The molecule has 1 aliphatic rings. The highest BCUT2D eigenvalue weighted by molar-refractivity contribution is 7.13. The second kappa shape index (κ2) is 7.98. The van der Waals surface area contributed by atoms with E-state index in [1.165, 1.54) is 11.3 Å². The number of anilines is 1. The number of nitrogens with zero attached hydrogens (tertiary/aromatic N) is 1. The van der Waals surface area contributed by atoms with Crippen molar-refractivity contribution in [2.45, 2.75) is 6.54 Å². The van der Waals surface area contributed by atoms with Gasteiger partial charge in [0.2, 0.25) is 11.6 Å². The number of thiazole rings is 1. The molecule has 2 aromatic carbocycles. The summed E-state index contributed by atoms with van der Waals surface area (Å²) in [5, 5.41) is 7.87. The van der Waals surface area contributed by atoms with Crippen LogP contribution in [0.4, 0.5) is 5.13 Å².